The topological polar surface area (TPSA) is 3.24 Å². The number of halogens is 4. The average molecular weight is 222 g/mol. The van der Waals surface area contributed by atoms with Gasteiger partial charge in [-0.1, -0.05) is 17.7 Å². The van der Waals surface area contributed by atoms with E-state index in [4.69, 9.17) is 0 Å². The molecule has 15 heavy (non-hydrogen) atoms. The maximum Gasteiger partial charge on any atom is 0.673 e. The van der Waals surface area contributed by atoms with Gasteiger partial charge in [-0.3, -0.25) is 0 Å². The third kappa shape index (κ3) is 10.7. The molecule has 0 amide bonds. The van der Waals surface area contributed by atoms with Crippen molar-refractivity contribution >= 4 is 7.25 Å². The van der Waals surface area contributed by atoms with E-state index in [0.717, 1.165) is 13.1 Å². The lowest BCUT2D eigenvalue weighted by Crippen LogP contribution is -2.20. The van der Waals surface area contributed by atoms with Gasteiger partial charge in [0.15, 0.2) is 0 Å². The Kier molecular flexibility index (Phi) is 5.82. The molecule has 0 spiro atoms. The van der Waals surface area contributed by atoms with Gasteiger partial charge < -0.3 is 22.2 Å². The van der Waals surface area contributed by atoms with Crippen molar-refractivity contribution in [1.82, 2.24) is 4.90 Å². The van der Waals surface area contributed by atoms with E-state index in [2.05, 4.69) is 36.8 Å². The van der Waals surface area contributed by atoms with E-state index in [1.54, 1.807) is 0 Å². The Morgan fingerprint density at radius 3 is 2.40 bits per heavy atom. The van der Waals surface area contributed by atoms with Crippen LogP contribution in [-0.2, 0) is 0 Å². The first kappa shape index (κ1) is 13.8. The molecule has 0 bridgehead atoms. The summed E-state index contributed by atoms with van der Waals surface area (Å²) >= 11 is 0. The fourth-order valence-corrected chi connectivity index (χ4v) is 1.05. The Bertz CT molecular complexity index is 251. The number of rotatable bonds is 2. The molecule has 86 valence electrons. The van der Waals surface area contributed by atoms with Crippen LogP contribution in [-0.4, -0.2) is 25.2 Å². The quantitative estimate of drug-likeness (QED) is 0.393. The zero-order valence-corrected chi connectivity index (χ0v) is 8.47. The first-order valence-electron chi connectivity index (χ1n) is 4.39. The lowest BCUT2D eigenvalue weighted by atomic mass is 10.2. The van der Waals surface area contributed by atoms with Gasteiger partial charge in [-0.25, -0.2) is 0 Å². The molecule has 0 aromatic rings. The highest BCUT2D eigenvalue weighted by Gasteiger charge is 2.20. The first-order valence-corrected chi connectivity index (χ1v) is 4.39. The standard InChI is InChI=1S/C9H13N.BF4/c1-3-6-10-7-4-5-9(2)8-10;2-1(3,4)5/h3-5,7H,1,6,8H2,2H3;/q;-1. The van der Waals surface area contributed by atoms with Crippen molar-refractivity contribution in [1.29, 1.82) is 0 Å². The molecule has 0 fully saturated rings. The van der Waals surface area contributed by atoms with Crippen molar-refractivity contribution in [3.8, 4) is 0 Å². The zero-order chi connectivity index (χ0) is 11.9. The maximum atomic E-state index is 9.75. The Labute approximate surface area is 86.9 Å². The van der Waals surface area contributed by atoms with Crippen LogP contribution in [0.5, 0.6) is 0 Å². The summed E-state index contributed by atoms with van der Waals surface area (Å²) in [5, 5.41) is 0. The van der Waals surface area contributed by atoms with Crippen LogP contribution in [0.15, 0.2) is 36.6 Å². The van der Waals surface area contributed by atoms with Crippen molar-refractivity contribution in [3.05, 3.63) is 36.6 Å². The molecule has 0 saturated heterocycles. The van der Waals surface area contributed by atoms with E-state index in [1.807, 2.05) is 6.08 Å². The molecule has 0 unspecified atom stereocenters. The molecule has 0 radical (unpaired) electrons. The molecule has 1 heterocycles. The highest BCUT2D eigenvalue weighted by atomic mass is 19.5. The van der Waals surface area contributed by atoms with E-state index in [-0.39, 0.29) is 0 Å². The van der Waals surface area contributed by atoms with Crippen molar-refractivity contribution in [2.45, 2.75) is 6.92 Å². The van der Waals surface area contributed by atoms with Crippen LogP contribution in [0.3, 0.4) is 0 Å². The summed E-state index contributed by atoms with van der Waals surface area (Å²) in [7, 11) is -6.00. The molecule has 0 saturated carbocycles. The lowest BCUT2D eigenvalue weighted by Gasteiger charge is -2.21. The van der Waals surface area contributed by atoms with E-state index in [0.29, 0.717) is 0 Å². The van der Waals surface area contributed by atoms with E-state index >= 15 is 0 Å². The van der Waals surface area contributed by atoms with Crippen molar-refractivity contribution < 1.29 is 17.3 Å². The summed E-state index contributed by atoms with van der Waals surface area (Å²) in [4.78, 5) is 2.22. The second kappa shape index (κ2) is 6.32. The monoisotopic (exact) mass is 222 g/mol. The Morgan fingerprint density at radius 1 is 1.47 bits per heavy atom. The predicted molar refractivity (Wildman–Crippen MR) is 54.9 cm³/mol. The number of nitrogens with zero attached hydrogens (tertiary/aromatic N) is 1. The fourth-order valence-electron chi connectivity index (χ4n) is 1.05. The van der Waals surface area contributed by atoms with Gasteiger partial charge in [0.1, 0.15) is 0 Å². The number of allylic oxidation sites excluding steroid dienone is 2. The van der Waals surface area contributed by atoms with E-state index in [1.165, 1.54) is 5.57 Å². The minimum atomic E-state index is -6.00. The van der Waals surface area contributed by atoms with Crippen LogP contribution < -0.4 is 0 Å². The number of hydrogen-bond acceptors (Lipinski definition) is 1. The van der Waals surface area contributed by atoms with Gasteiger partial charge in [0, 0.05) is 13.1 Å². The zero-order valence-electron chi connectivity index (χ0n) is 8.47. The average Bonchev–Trinajstić information content (AvgIpc) is 2.01. The summed E-state index contributed by atoms with van der Waals surface area (Å²) in [6, 6.07) is 0. The van der Waals surface area contributed by atoms with Crippen LogP contribution in [0.4, 0.5) is 17.3 Å². The van der Waals surface area contributed by atoms with Crippen LogP contribution >= 0.6 is 0 Å². The van der Waals surface area contributed by atoms with Crippen LogP contribution in [0.2, 0.25) is 0 Å². The van der Waals surface area contributed by atoms with E-state index < -0.39 is 7.25 Å². The van der Waals surface area contributed by atoms with Gasteiger partial charge in [0.2, 0.25) is 0 Å². The molecule has 0 atom stereocenters. The van der Waals surface area contributed by atoms with Gasteiger partial charge in [0.25, 0.3) is 0 Å². The Hall–Kier alpha value is -1.20. The summed E-state index contributed by atoms with van der Waals surface area (Å²) in [6.07, 6.45) is 8.22. The molecular formula is C9H13BF4N-. The predicted octanol–water partition coefficient (Wildman–Crippen LogP) is 3.25. The molecule has 0 aromatic carbocycles. The summed E-state index contributed by atoms with van der Waals surface area (Å²) < 4.78 is 39.0. The lowest BCUT2D eigenvalue weighted by molar-refractivity contribution is 0.368. The van der Waals surface area contributed by atoms with Gasteiger partial charge in [0.05, 0.1) is 0 Å². The second-order valence-corrected chi connectivity index (χ2v) is 3.07. The third-order valence-electron chi connectivity index (χ3n) is 1.49. The van der Waals surface area contributed by atoms with Crippen molar-refractivity contribution in [2.24, 2.45) is 0 Å². The molecule has 0 aliphatic carbocycles. The molecule has 0 N–H and O–H groups in total. The fraction of sp³-hybridized carbons (Fsp3) is 0.333. The van der Waals surface area contributed by atoms with Crippen LogP contribution in [0.25, 0.3) is 0 Å². The summed E-state index contributed by atoms with van der Waals surface area (Å²) in [6.45, 7) is 7.81. The van der Waals surface area contributed by atoms with Gasteiger partial charge in [-0.05, 0) is 19.2 Å². The minimum absolute atomic E-state index is 0.946. The van der Waals surface area contributed by atoms with Gasteiger partial charge in [-0.2, -0.15) is 0 Å². The van der Waals surface area contributed by atoms with Crippen molar-refractivity contribution in [3.63, 3.8) is 0 Å². The molecule has 1 aliphatic rings. The second-order valence-electron chi connectivity index (χ2n) is 3.07. The highest BCUT2D eigenvalue weighted by Crippen LogP contribution is 2.06. The maximum absolute atomic E-state index is 9.75. The molecule has 1 nitrogen and oxygen atoms in total. The van der Waals surface area contributed by atoms with Crippen LogP contribution in [0, 0.1) is 0 Å². The Morgan fingerprint density at radius 2 is 2.00 bits per heavy atom. The number of hydrogen-bond donors (Lipinski definition) is 0. The van der Waals surface area contributed by atoms with Gasteiger partial charge >= 0.3 is 7.25 Å². The SMILES string of the molecule is C=CCN1C=CC=C(C)C1.F[B-](F)(F)F. The molecule has 6 heteroatoms. The third-order valence-corrected chi connectivity index (χ3v) is 1.49. The summed E-state index contributed by atoms with van der Waals surface area (Å²) in [5.41, 5.74) is 1.41. The smallest absolute Gasteiger partial charge is 0.418 e. The molecular weight excluding hydrogens is 209 g/mol. The molecule has 0 aromatic heterocycles. The minimum Gasteiger partial charge on any atom is -0.418 e. The summed E-state index contributed by atoms with van der Waals surface area (Å²) in [5.74, 6) is 0. The first-order chi connectivity index (χ1) is 6.83. The molecule has 1 aliphatic heterocycles. The van der Waals surface area contributed by atoms with Crippen molar-refractivity contribution in [2.75, 3.05) is 13.1 Å². The normalized spacial score (nSPS) is 15.3. The largest absolute Gasteiger partial charge is 0.673 e. The van der Waals surface area contributed by atoms with Crippen LogP contribution in [0.1, 0.15) is 6.92 Å². The van der Waals surface area contributed by atoms with Gasteiger partial charge in [-0.15, -0.1) is 6.58 Å². The Balaban J connectivity index is 0.000000336. The molecule has 1 rings (SSSR count). The van der Waals surface area contributed by atoms with E-state index in [9.17, 15) is 17.3 Å². The highest BCUT2D eigenvalue weighted by molar-refractivity contribution is 6.50.